The van der Waals surface area contributed by atoms with E-state index in [1.807, 2.05) is 5.32 Å². The standard InChI is InChI=1S/C23H24F5N7O3/c1-11-18(34-38-33-11)21(37)31-19(12-4-6-22(24,25)7-5-12)15-10-35-17(29-15)3-2-14(32-35)8-13-9-16(23(26,27)28)30-20(13)36/h2-3,10,12-13,16,19H,4-9H2,1H3,(H,30,36)(H,31,37)/t13-,16-,19-/m0/s1. The Kier molecular flexibility index (Phi) is 6.55. The molecule has 1 saturated carbocycles. The van der Waals surface area contributed by atoms with Gasteiger partial charge in [-0.1, -0.05) is 5.16 Å². The van der Waals surface area contributed by atoms with Gasteiger partial charge in [0.05, 0.1) is 23.6 Å². The predicted molar refractivity (Wildman–Crippen MR) is 119 cm³/mol. The maximum atomic E-state index is 13.8. The van der Waals surface area contributed by atoms with E-state index in [0.29, 0.717) is 17.0 Å². The smallest absolute Gasteiger partial charge is 0.344 e. The SMILES string of the molecule is Cc1nonc1C(=O)N[C@H](c1cn2nc(C[C@H]3C[C@@H](C(F)(F)F)NC3=O)ccc2n1)C1CCC(F)(F)CC1. The molecular formula is C23H24F5N7O3. The van der Waals surface area contributed by atoms with Crippen molar-refractivity contribution in [3.63, 3.8) is 0 Å². The second-order valence-corrected chi connectivity index (χ2v) is 9.88. The number of aromatic nitrogens is 5. The van der Waals surface area contributed by atoms with Crippen LogP contribution >= 0.6 is 0 Å². The second-order valence-electron chi connectivity index (χ2n) is 9.88. The molecule has 3 aromatic heterocycles. The summed E-state index contributed by atoms with van der Waals surface area (Å²) >= 11 is 0. The number of alkyl halides is 5. The van der Waals surface area contributed by atoms with Gasteiger partial charge in [0.15, 0.2) is 11.3 Å². The zero-order chi connectivity index (χ0) is 27.2. The lowest BCUT2D eigenvalue weighted by Gasteiger charge is -2.33. The first-order valence-corrected chi connectivity index (χ1v) is 12.1. The Morgan fingerprint density at radius 2 is 2.00 bits per heavy atom. The molecule has 15 heteroatoms. The molecule has 3 aromatic rings. The van der Waals surface area contributed by atoms with E-state index in [-0.39, 0.29) is 55.8 Å². The predicted octanol–water partition coefficient (Wildman–Crippen LogP) is 3.33. The quantitative estimate of drug-likeness (QED) is 0.459. The van der Waals surface area contributed by atoms with Gasteiger partial charge in [-0.05, 0) is 49.4 Å². The molecule has 0 spiro atoms. The van der Waals surface area contributed by atoms with Gasteiger partial charge in [0.1, 0.15) is 11.7 Å². The maximum absolute atomic E-state index is 13.8. The molecule has 2 fully saturated rings. The Labute approximate surface area is 212 Å². The summed E-state index contributed by atoms with van der Waals surface area (Å²) in [7, 11) is 0. The van der Waals surface area contributed by atoms with E-state index >= 15 is 0 Å². The van der Waals surface area contributed by atoms with E-state index in [1.54, 1.807) is 19.1 Å². The van der Waals surface area contributed by atoms with Crippen LogP contribution in [0.2, 0.25) is 0 Å². The molecule has 3 atom stereocenters. The number of nitrogens with zero attached hydrogens (tertiary/aromatic N) is 5. The third kappa shape index (κ3) is 5.31. The maximum Gasteiger partial charge on any atom is 0.408 e. The van der Waals surface area contributed by atoms with Crippen molar-refractivity contribution in [2.24, 2.45) is 11.8 Å². The Morgan fingerprint density at radius 3 is 2.63 bits per heavy atom. The monoisotopic (exact) mass is 541 g/mol. The summed E-state index contributed by atoms with van der Waals surface area (Å²) in [6, 6.07) is 0.534. The Hall–Kier alpha value is -3.65. The van der Waals surface area contributed by atoms with Crippen molar-refractivity contribution in [3.05, 3.63) is 41.1 Å². The highest BCUT2D eigenvalue weighted by atomic mass is 19.4. The number of amides is 2. The third-order valence-corrected chi connectivity index (χ3v) is 7.16. The summed E-state index contributed by atoms with van der Waals surface area (Å²) in [5.41, 5.74) is 1.37. The highest BCUT2D eigenvalue weighted by Gasteiger charge is 2.47. The van der Waals surface area contributed by atoms with Crippen LogP contribution in [0, 0.1) is 18.8 Å². The van der Waals surface area contributed by atoms with E-state index in [9.17, 15) is 31.5 Å². The van der Waals surface area contributed by atoms with Crippen molar-refractivity contribution in [2.75, 3.05) is 0 Å². The molecule has 10 nitrogen and oxygen atoms in total. The number of fused-ring (bicyclic) bond motifs is 1. The van der Waals surface area contributed by atoms with E-state index in [1.165, 1.54) is 10.7 Å². The van der Waals surface area contributed by atoms with Gasteiger partial charge in [0.25, 0.3) is 5.91 Å². The molecular weight excluding hydrogens is 517 g/mol. The molecule has 2 aliphatic rings. The molecule has 0 radical (unpaired) electrons. The fourth-order valence-corrected chi connectivity index (χ4v) is 5.06. The highest BCUT2D eigenvalue weighted by molar-refractivity contribution is 5.93. The molecule has 2 N–H and O–H groups in total. The first kappa shape index (κ1) is 26.0. The number of aryl methyl sites for hydroxylation is 1. The normalized spacial score (nSPS) is 22.9. The summed E-state index contributed by atoms with van der Waals surface area (Å²) in [5.74, 6) is -5.28. The minimum Gasteiger partial charge on any atom is -0.344 e. The average Bonchev–Trinajstić information content (AvgIpc) is 3.56. The van der Waals surface area contributed by atoms with Crippen LogP contribution in [0.3, 0.4) is 0 Å². The van der Waals surface area contributed by atoms with Crippen LogP contribution in [0.5, 0.6) is 0 Å². The number of imidazole rings is 1. The first-order chi connectivity index (χ1) is 17.9. The minimum atomic E-state index is -4.52. The van der Waals surface area contributed by atoms with E-state index in [0.717, 1.165) is 0 Å². The number of hydrogen-bond donors (Lipinski definition) is 2. The van der Waals surface area contributed by atoms with Crippen LogP contribution in [-0.4, -0.2) is 54.9 Å². The van der Waals surface area contributed by atoms with E-state index in [2.05, 4.69) is 30.3 Å². The van der Waals surface area contributed by atoms with Crippen molar-refractivity contribution < 1.29 is 36.2 Å². The average molecular weight is 541 g/mol. The summed E-state index contributed by atoms with van der Waals surface area (Å²) in [6.45, 7) is 1.54. The molecule has 0 bridgehead atoms. The molecule has 5 rings (SSSR count). The van der Waals surface area contributed by atoms with Gasteiger partial charge in [-0.3, -0.25) is 9.59 Å². The zero-order valence-electron chi connectivity index (χ0n) is 20.1. The van der Waals surface area contributed by atoms with Gasteiger partial charge in [0, 0.05) is 25.2 Å². The summed E-state index contributed by atoms with van der Waals surface area (Å²) < 4.78 is 72.7. The topological polar surface area (TPSA) is 127 Å². The lowest BCUT2D eigenvalue weighted by Crippen LogP contribution is -2.38. The van der Waals surface area contributed by atoms with Gasteiger partial charge >= 0.3 is 6.18 Å². The van der Waals surface area contributed by atoms with Gasteiger partial charge in [-0.15, -0.1) is 0 Å². The minimum absolute atomic E-state index is 0.00181. The molecule has 1 aliphatic carbocycles. The fourth-order valence-electron chi connectivity index (χ4n) is 5.06. The number of rotatable bonds is 6. The van der Waals surface area contributed by atoms with Crippen LogP contribution in [-0.2, 0) is 11.2 Å². The molecule has 1 aliphatic heterocycles. The molecule has 4 heterocycles. The van der Waals surface area contributed by atoms with Crippen molar-refractivity contribution in [3.8, 4) is 0 Å². The Bertz CT molecular complexity index is 1340. The first-order valence-electron chi connectivity index (χ1n) is 12.1. The van der Waals surface area contributed by atoms with Crippen molar-refractivity contribution in [1.29, 1.82) is 0 Å². The second kappa shape index (κ2) is 9.58. The van der Waals surface area contributed by atoms with Gasteiger partial charge in [-0.2, -0.15) is 18.3 Å². The third-order valence-electron chi connectivity index (χ3n) is 7.16. The van der Waals surface area contributed by atoms with Crippen molar-refractivity contribution in [2.45, 2.75) is 69.6 Å². The summed E-state index contributed by atoms with van der Waals surface area (Å²) in [4.78, 5) is 29.5. The van der Waals surface area contributed by atoms with Crippen LogP contribution in [0.15, 0.2) is 23.0 Å². The summed E-state index contributed by atoms with van der Waals surface area (Å²) in [5, 5.41) is 16.4. The molecule has 38 heavy (non-hydrogen) atoms. The molecule has 2 amide bonds. The molecule has 204 valence electrons. The lowest BCUT2D eigenvalue weighted by atomic mass is 9.81. The number of carbonyl (C=O) groups excluding carboxylic acids is 2. The van der Waals surface area contributed by atoms with Crippen molar-refractivity contribution >= 4 is 17.5 Å². The van der Waals surface area contributed by atoms with E-state index in [4.69, 9.17) is 0 Å². The highest BCUT2D eigenvalue weighted by Crippen LogP contribution is 2.41. The van der Waals surface area contributed by atoms with Gasteiger partial charge < -0.3 is 10.6 Å². The number of hydrogen-bond acceptors (Lipinski definition) is 7. The van der Waals surface area contributed by atoms with Gasteiger partial charge in [0.2, 0.25) is 11.8 Å². The Balaban J connectivity index is 1.38. The zero-order valence-corrected chi connectivity index (χ0v) is 20.1. The van der Waals surface area contributed by atoms with E-state index < -0.39 is 41.9 Å². The van der Waals surface area contributed by atoms with Crippen LogP contribution in [0.1, 0.15) is 65.7 Å². The largest absolute Gasteiger partial charge is 0.408 e. The van der Waals surface area contributed by atoms with Crippen LogP contribution < -0.4 is 10.6 Å². The molecule has 0 aromatic carbocycles. The summed E-state index contributed by atoms with van der Waals surface area (Å²) in [6.07, 6.45) is -3.72. The molecule has 1 saturated heterocycles. The number of halogens is 5. The number of nitrogens with one attached hydrogen (secondary N) is 2. The Morgan fingerprint density at radius 1 is 1.26 bits per heavy atom. The number of carbonyl (C=O) groups is 2. The fraction of sp³-hybridized carbons (Fsp3) is 0.565. The molecule has 0 unspecified atom stereocenters. The lowest BCUT2D eigenvalue weighted by molar-refractivity contribution is -0.154. The van der Waals surface area contributed by atoms with Gasteiger partial charge in [-0.25, -0.2) is 22.9 Å². The van der Waals surface area contributed by atoms with Crippen LogP contribution in [0.25, 0.3) is 5.65 Å². The van der Waals surface area contributed by atoms with Crippen LogP contribution in [0.4, 0.5) is 22.0 Å². The van der Waals surface area contributed by atoms with Crippen molar-refractivity contribution in [1.82, 2.24) is 35.5 Å².